The van der Waals surface area contributed by atoms with Gasteiger partial charge in [-0.05, 0) is 31.0 Å². The van der Waals surface area contributed by atoms with Crippen molar-refractivity contribution in [3.05, 3.63) is 57.0 Å². The van der Waals surface area contributed by atoms with E-state index >= 15 is 0 Å². The number of nitrogens with zero attached hydrogens (tertiary/aromatic N) is 4. The molecule has 1 N–H and O–H groups in total. The first-order valence-electron chi connectivity index (χ1n) is 9.60. The summed E-state index contributed by atoms with van der Waals surface area (Å²) < 4.78 is 57.7. The van der Waals surface area contributed by atoms with Crippen LogP contribution in [0.25, 0.3) is 10.9 Å². The molecule has 1 aliphatic rings. The summed E-state index contributed by atoms with van der Waals surface area (Å²) in [6.45, 7) is -2.07. The van der Waals surface area contributed by atoms with E-state index in [1.165, 1.54) is 23.0 Å². The zero-order chi connectivity index (χ0) is 22.4. The molecule has 3 aromatic rings. The fourth-order valence-electron chi connectivity index (χ4n) is 3.50. The Morgan fingerprint density at radius 3 is 2.52 bits per heavy atom. The topological polar surface area (TPSA) is 108 Å². The van der Waals surface area contributed by atoms with Gasteiger partial charge in [0.2, 0.25) is 10.0 Å². The molecule has 0 atom stereocenters. The smallest absolute Gasteiger partial charge is 0.291 e. The number of nitrogens with one attached hydrogen (secondary N) is 1. The minimum atomic E-state index is -4.09. The highest BCUT2D eigenvalue weighted by atomic mass is 32.2. The highest BCUT2D eigenvalue weighted by molar-refractivity contribution is 7.89. The molecule has 1 aromatic carbocycles. The van der Waals surface area contributed by atoms with Crippen LogP contribution in [0.3, 0.4) is 0 Å². The molecule has 12 heteroatoms. The summed E-state index contributed by atoms with van der Waals surface area (Å²) in [5.41, 5.74) is -1.80. The number of halogens is 2. The lowest BCUT2D eigenvalue weighted by atomic mass is 10.2. The summed E-state index contributed by atoms with van der Waals surface area (Å²) in [6.07, 6.45) is 3.91. The Balaban J connectivity index is 1.87. The number of alkyl halides is 2. The van der Waals surface area contributed by atoms with Gasteiger partial charge in [-0.25, -0.2) is 26.7 Å². The van der Waals surface area contributed by atoms with Gasteiger partial charge in [0.15, 0.2) is 0 Å². The van der Waals surface area contributed by atoms with Crippen LogP contribution in [0.1, 0.15) is 18.4 Å². The van der Waals surface area contributed by atoms with E-state index in [4.69, 9.17) is 0 Å². The summed E-state index contributed by atoms with van der Waals surface area (Å²) in [7, 11) is -2.41. The zero-order valence-corrected chi connectivity index (χ0v) is 17.5. The fraction of sp³-hybridized carbons (Fsp3) is 0.421. The van der Waals surface area contributed by atoms with Gasteiger partial charge in [0.1, 0.15) is 13.3 Å². The van der Waals surface area contributed by atoms with Crippen molar-refractivity contribution in [2.24, 2.45) is 7.05 Å². The highest BCUT2D eigenvalue weighted by Crippen LogP contribution is 2.37. The van der Waals surface area contributed by atoms with Crippen LogP contribution in [-0.4, -0.2) is 46.2 Å². The third kappa shape index (κ3) is 3.92. The fourth-order valence-corrected chi connectivity index (χ4v) is 4.97. The maximum absolute atomic E-state index is 13.2. The van der Waals surface area contributed by atoms with Crippen LogP contribution in [0, 0.1) is 0 Å². The molecule has 2 heterocycles. The van der Waals surface area contributed by atoms with Gasteiger partial charge in [-0.1, -0.05) is 0 Å². The van der Waals surface area contributed by atoms with E-state index < -0.39 is 40.2 Å². The quantitative estimate of drug-likeness (QED) is 0.540. The van der Waals surface area contributed by atoms with Gasteiger partial charge in [-0.3, -0.25) is 18.6 Å². The van der Waals surface area contributed by atoms with Crippen molar-refractivity contribution in [2.45, 2.75) is 36.4 Å². The Kier molecular flexibility index (Phi) is 5.30. The minimum absolute atomic E-state index is 0.0510. The molecule has 1 saturated carbocycles. The second-order valence-electron chi connectivity index (χ2n) is 7.74. The van der Waals surface area contributed by atoms with E-state index in [0.717, 1.165) is 15.2 Å². The van der Waals surface area contributed by atoms with E-state index in [-0.39, 0.29) is 28.9 Å². The molecule has 4 rings (SSSR count). The molecule has 0 saturated heterocycles. The van der Waals surface area contributed by atoms with E-state index in [9.17, 15) is 26.8 Å². The third-order valence-electron chi connectivity index (χ3n) is 5.37. The molecule has 166 valence electrons. The van der Waals surface area contributed by atoms with Gasteiger partial charge in [-0.2, -0.15) is 5.10 Å². The predicted octanol–water partition coefficient (Wildman–Crippen LogP) is 0.695. The van der Waals surface area contributed by atoms with Crippen molar-refractivity contribution >= 4 is 20.9 Å². The molecule has 0 aliphatic heterocycles. The molecule has 0 spiro atoms. The van der Waals surface area contributed by atoms with Gasteiger partial charge >= 0.3 is 5.69 Å². The summed E-state index contributed by atoms with van der Waals surface area (Å²) in [4.78, 5) is 25.8. The summed E-state index contributed by atoms with van der Waals surface area (Å²) in [5, 5.41) is 3.95. The first-order valence-corrected chi connectivity index (χ1v) is 11.1. The monoisotopic (exact) mass is 453 g/mol. The Morgan fingerprint density at radius 1 is 1.19 bits per heavy atom. The zero-order valence-electron chi connectivity index (χ0n) is 16.7. The van der Waals surface area contributed by atoms with Gasteiger partial charge in [-0.15, -0.1) is 0 Å². The van der Waals surface area contributed by atoms with Crippen molar-refractivity contribution < 1.29 is 17.2 Å². The first kappa shape index (κ1) is 21.4. The number of sulfonamides is 1. The summed E-state index contributed by atoms with van der Waals surface area (Å²) >= 11 is 0. The van der Waals surface area contributed by atoms with E-state index in [1.807, 2.05) is 0 Å². The Hall–Kier alpha value is -2.86. The minimum Gasteiger partial charge on any atom is -0.291 e. The number of fused-ring (bicyclic) bond motifs is 1. The van der Waals surface area contributed by atoms with Gasteiger partial charge in [0.25, 0.3) is 5.56 Å². The Morgan fingerprint density at radius 2 is 1.94 bits per heavy atom. The number of aromatic nitrogens is 4. The lowest BCUT2D eigenvalue weighted by Gasteiger charge is -2.16. The largest absolute Gasteiger partial charge is 0.331 e. The number of hydrogen-bond donors (Lipinski definition) is 1. The predicted molar refractivity (Wildman–Crippen MR) is 109 cm³/mol. The van der Waals surface area contributed by atoms with Crippen LogP contribution in [-0.2, 0) is 30.2 Å². The molecule has 2 aromatic heterocycles. The van der Waals surface area contributed by atoms with Crippen molar-refractivity contribution in [3.63, 3.8) is 0 Å². The van der Waals surface area contributed by atoms with E-state index in [1.54, 1.807) is 13.2 Å². The molecule has 31 heavy (non-hydrogen) atoms. The number of hydrogen-bond acceptors (Lipinski definition) is 5. The SMILES string of the molecule is Cn1cc(Cn2c(=O)c3cc(S(=O)(=O)NC4(CF)CC4)ccc3n(CCF)c2=O)cn1. The number of benzene rings is 1. The normalized spacial score (nSPS) is 15.5. The first-order chi connectivity index (χ1) is 14.7. The van der Waals surface area contributed by atoms with E-state index in [2.05, 4.69) is 9.82 Å². The molecule has 0 bridgehead atoms. The highest BCUT2D eigenvalue weighted by Gasteiger charge is 2.46. The van der Waals surface area contributed by atoms with Crippen molar-refractivity contribution in [2.75, 3.05) is 13.3 Å². The molecular weight excluding hydrogens is 432 g/mol. The summed E-state index contributed by atoms with van der Waals surface area (Å²) in [6, 6.07) is 3.66. The van der Waals surface area contributed by atoms with Crippen molar-refractivity contribution in [3.8, 4) is 0 Å². The van der Waals surface area contributed by atoms with Crippen LogP contribution in [0.2, 0.25) is 0 Å². The van der Waals surface area contributed by atoms with Gasteiger partial charge in [0, 0.05) is 18.8 Å². The standard InChI is InChI=1S/C19H21F2N5O4S/c1-24-10-13(9-22-24)11-26-17(27)15-8-14(31(29,30)23-19(12-21)4-5-19)2-3-16(15)25(7-6-20)18(26)28/h2-3,8-10,23H,4-7,11-12H2,1H3. The molecule has 1 aliphatic carbocycles. The average Bonchev–Trinajstić information content (AvgIpc) is 3.38. The number of aryl methyl sites for hydroxylation is 2. The van der Waals surface area contributed by atoms with Crippen LogP contribution < -0.4 is 16.0 Å². The lowest BCUT2D eigenvalue weighted by molar-refractivity contribution is 0.393. The second-order valence-corrected chi connectivity index (χ2v) is 9.42. The van der Waals surface area contributed by atoms with Crippen molar-refractivity contribution in [1.82, 2.24) is 23.6 Å². The van der Waals surface area contributed by atoms with Gasteiger partial charge < -0.3 is 0 Å². The van der Waals surface area contributed by atoms with Crippen LogP contribution in [0.5, 0.6) is 0 Å². The molecular formula is C19H21F2N5O4S. The molecule has 0 radical (unpaired) electrons. The summed E-state index contributed by atoms with van der Waals surface area (Å²) in [5.74, 6) is 0. The van der Waals surface area contributed by atoms with E-state index in [0.29, 0.717) is 18.4 Å². The third-order valence-corrected chi connectivity index (χ3v) is 6.95. The maximum atomic E-state index is 13.2. The number of rotatable bonds is 8. The van der Waals surface area contributed by atoms with Crippen molar-refractivity contribution in [1.29, 1.82) is 0 Å². The maximum Gasteiger partial charge on any atom is 0.331 e. The van der Waals surface area contributed by atoms with Crippen LogP contribution in [0.4, 0.5) is 8.78 Å². The second kappa shape index (κ2) is 7.68. The Bertz CT molecular complexity index is 1370. The molecule has 0 amide bonds. The molecule has 9 nitrogen and oxygen atoms in total. The lowest BCUT2D eigenvalue weighted by Crippen LogP contribution is -2.41. The molecule has 1 fully saturated rings. The van der Waals surface area contributed by atoms with Crippen LogP contribution in [0.15, 0.2) is 45.1 Å². The average molecular weight is 453 g/mol. The van der Waals surface area contributed by atoms with Gasteiger partial charge in [0.05, 0.1) is 40.6 Å². The molecule has 0 unspecified atom stereocenters. The van der Waals surface area contributed by atoms with Crippen LogP contribution >= 0.6 is 0 Å². The Labute approximate surface area is 176 Å².